The molecule has 0 atom stereocenters. The van der Waals surface area contributed by atoms with Gasteiger partial charge in [-0.3, -0.25) is 9.89 Å². The third kappa shape index (κ3) is 4.25. The van der Waals surface area contributed by atoms with E-state index in [0.717, 1.165) is 43.0 Å². The standard InChI is InChI=1S/C14H18ClN5OS.CH4/c1-16-14-18(2)9-19(7-11-4-3-5-21-11)10-20(14)8-12-6-17-13(15)22-12;/h3-6H,7-10H2,1-2H3;1H4. The molecule has 3 rings (SSSR count). The molecule has 1 saturated heterocycles. The maximum Gasteiger partial charge on any atom is 0.198 e. The highest BCUT2D eigenvalue weighted by molar-refractivity contribution is 7.15. The van der Waals surface area contributed by atoms with Gasteiger partial charge >= 0.3 is 0 Å². The van der Waals surface area contributed by atoms with Crippen LogP contribution in [-0.2, 0) is 13.1 Å². The zero-order chi connectivity index (χ0) is 15.5. The van der Waals surface area contributed by atoms with Crippen molar-refractivity contribution in [1.82, 2.24) is 19.7 Å². The summed E-state index contributed by atoms with van der Waals surface area (Å²) in [6.45, 7) is 3.12. The van der Waals surface area contributed by atoms with Crippen LogP contribution in [0.3, 0.4) is 0 Å². The van der Waals surface area contributed by atoms with E-state index in [0.29, 0.717) is 4.47 Å². The highest BCUT2D eigenvalue weighted by Crippen LogP contribution is 2.22. The SMILES string of the molecule is C.CN=C1N(C)CN(Cc2ccco2)CN1Cc1cnc(Cl)s1. The Labute approximate surface area is 146 Å². The van der Waals surface area contributed by atoms with Gasteiger partial charge in [0.15, 0.2) is 10.4 Å². The van der Waals surface area contributed by atoms with Crippen molar-refractivity contribution in [3.8, 4) is 0 Å². The lowest BCUT2D eigenvalue weighted by Gasteiger charge is -2.42. The van der Waals surface area contributed by atoms with Crippen molar-refractivity contribution >= 4 is 28.9 Å². The van der Waals surface area contributed by atoms with Gasteiger partial charge < -0.3 is 14.2 Å². The summed E-state index contributed by atoms with van der Waals surface area (Å²) >= 11 is 7.43. The summed E-state index contributed by atoms with van der Waals surface area (Å²) in [5, 5.41) is 0. The van der Waals surface area contributed by atoms with E-state index in [1.54, 1.807) is 6.26 Å². The van der Waals surface area contributed by atoms with Crippen LogP contribution in [-0.4, -0.2) is 53.1 Å². The molecule has 23 heavy (non-hydrogen) atoms. The molecule has 3 heterocycles. The molecule has 8 heteroatoms. The number of rotatable bonds is 4. The van der Waals surface area contributed by atoms with E-state index in [1.165, 1.54) is 11.3 Å². The average molecular weight is 356 g/mol. The number of hydrogen-bond acceptors (Lipinski definition) is 5. The molecule has 1 aliphatic heterocycles. The molecule has 0 saturated carbocycles. The van der Waals surface area contributed by atoms with Crippen molar-refractivity contribution in [1.29, 1.82) is 0 Å². The second kappa shape index (κ2) is 7.81. The Morgan fingerprint density at radius 1 is 1.39 bits per heavy atom. The highest BCUT2D eigenvalue weighted by atomic mass is 35.5. The van der Waals surface area contributed by atoms with Gasteiger partial charge in [-0.15, -0.1) is 11.3 Å². The number of thiazole rings is 1. The first-order valence-corrected chi connectivity index (χ1v) is 8.13. The quantitative estimate of drug-likeness (QED) is 0.843. The van der Waals surface area contributed by atoms with E-state index in [9.17, 15) is 0 Å². The number of nitrogens with zero attached hydrogens (tertiary/aromatic N) is 5. The smallest absolute Gasteiger partial charge is 0.198 e. The van der Waals surface area contributed by atoms with Crippen LogP contribution in [0.4, 0.5) is 0 Å². The minimum absolute atomic E-state index is 0. The molecule has 0 spiro atoms. The maximum atomic E-state index is 5.93. The molecular formula is C15H22ClN5OS. The van der Waals surface area contributed by atoms with Crippen LogP contribution >= 0.6 is 22.9 Å². The number of furan rings is 1. The van der Waals surface area contributed by atoms with E-state index in [4.69, 9.17) is 16.0 Å². The van der Waals surface area contributed by atoms with E-state index < -0.39 is 0 Å². The minimum atomic E-state index is 0. The zero-order valence-corrected chi connectivity index (χ0v) is 14.1. The Hall–Kier alpha value is -1.57. The summed E-state index contributed by atoms with van der Waals surface area (Å²) in [7, 11) is 3.87. The third-order valence-corrected chi connectivity index (χ3v) is 4.54. The van der Waals surface area contributed by atoms with Crippen molar-refractivity contribution in [2.75, 3.05) is 27.4 Å². The van der Waals surface area contributed by atoms with Crippen LogP contribution in [0.1, 0.15) is 18.1 Å². The van der Waals surface area contributed by atoms with Crippen molar-refractivity contribution in [2.45, 2.75) is 20.5 Å². The average Bonchev–Trinajstić information content (AvgIpc) is 3.11. The summed E-state index contributed by atoms with van der Waals surface area (Å²) in [5.74, 6) is 1.94. The fraction of sp³-hybridized carbons (Fsp3) is 0.467. The van der Waals surface area contributed by atoms with E-state index in [-0.39, 0.29) is 7.43 Å². The van der Waals surface area contributed by atoms with Crippen molar-refractivity contribution in [2.24, 2.45) is 4.99 Å². The van der Waals surface area contributed by atoms with Crippen LogP contribution in [0, 0.1) is 0 Å². The minimum Gasteiger partial charge on any atom is -0.468 e. The maximum absolute atomic E-state index is 5.93. The second-order valence-electron chi connectivity index (χ2n) is 5.19. The number of aromatic nitrogens is 1. The van der Waals surface area contributed by atoms with Gasteiger partial charge in [0.25, 0.3) is 0 Å². The topological polar surface area (TPSA) is 48.1 Å². The number of aliphatic imine (C=N–C) groups is 1. The molecule has 6 nitrogen and oxygen atoms in total. The number of hydrogen-bond donors (Lipinski definition) is 0. The lowest BCUT2D eigenvalue weighted by atomic mass is 10.3. The molecule has 0 radical (unpaired) electrons. The summed E-state index contributed by atoms with van der Waals surface area (Å²) in [6, 6.07) is 3.91. The molecule has 2 aromatic heterocycles. The molecule has 2 aromatic rings. The van der Waals surface area contributed by atoms with Crippen LogP contribution in [0.5, 0.6) is 0 Å². The summed E-state index contributed by atoms with van der Waals surface area (Å²) < 4.78 is 6.02. The summed E-state index contributed by atoms with van der Waals surface area (Å²) in [4.78, 5) is 16.3. The Kier molecular flexibility index (Phi) is 6.04. The monoisotopic (exact) mass is 355 g/mol. The Bertz CT molecular complexity index is 642. The first-order valence-electron chi connectivity index (χ1n) is 6.93. The molecule has 126 valence electrons. The fourth-order valence-electron chi connectivity index (χ4n) is 2.65. The Morgan fingerprint density at radius 2 is 2.22 bits per heavy atom. The largest absolute Gasteiger partial charge is 0.468 e. The predicted molar refractivity (Wildman–Crippen MR) is 94.5 cm³/mol. The molecule has 0 aromatic carbocycles. The van der Waals surface area contributed by atoms with Crippen LogP contribution in [0.25, 0.3) is 0 Å². The summed E-state index contributed by atoms with van der Waals surface area (Å²) in [6.07, 6.45) is 3.53. The molecule has 0 amide bonds. The number of guanidine groups is 1. The molecule has 1 fully saturated rings. The fourth-order valence-corrected chi connectivity index (χ4v) is 3.65. The second-order valence-corrected chi connectivity index (χ2v) is 6.89. The lowest BCUT2D eigenvalue weighted by Crippen LogP contribution is -2.56. The van der Waals surface area contributed by atoms with Crippen molar-refractivity contribution in [3.63, 3.8) is 0 Å². The van der Waals surface area contributed by atoms with Gasteiger partial charge in [-0.1, -0.05) is 19.0 Å². The van der Waals surface area contributed by atoms with Crippen molar-refractivity contribution in [3.05, 3.63) is 39.7 Å². The van der Waals surface area contributed by atoms with Crippen LogP contribution in [0.2, 0.25) is 4.47 Å². The Balaban J connectivity index is 0.00000192. The first kappa shape index (κ1) is 17.8. The van der Waals surface area contributed by atoms with E-state index >= 15 is 0 Å². The van der Waals surface area contributed by atoms with E-state index in [1.807, 2.05) is 32.4 Å². The van der Waals surface area contributed by atoms with Gasteiger partial charge in [-0.2, -0.15) is 0 Å². The molecular weight excluding hydrogens is 334 g/mol. The lowest BCUT2D eigenvalue weighted by molar-refractivity contribution is 0.0746. The summed E-state index contributed by atoms with van der Waals surface area (Å²) in [5.41, 5.74) is 0. The number of halogens is 1. The van der Waals surface area contributed by atoms with Crippen molar-refractivity contribution < 1.29 is 4.42 Å². The predicted octanol–water partition coefficient (Wildman–Crippen LogP) is 3.18. The van der Waals surface area contributed by atoms with Gasteiger partial charge in [0, 0.05) is 25.2 Å². The molecule has 0 unspecified atom stereocenters. The van der Waals surface area contributed by atoms with Crippen LogP contribution < -0.4 is 0 Å². The first-order chi connectivity index (χ1) is 10.7. The van der Waals surface area contributed by atoms with Gasteiger partial charge in [0.1, 0.15) is 5.76 Å². The van der Waals surface area contributed by atoms with Gasteiger partial charge in [-0.25, -0.2) is 4.98 Å². The Morgan fingerprint density at radius 3 is 2.83 bits per heavy atom. The molecule has 0 aliphatic carbocycles. The zero-order valence-electron chi connectivity index (χ0n) is 12.6. The molecule has 0 bridgehead atoms. The van der Waals surface area contributed by atoms with Gasteiger partial charge in [0.05, 0.1) is 32.7 Å². The molecule has 0 N–H and O–H groups in total. The van der Waals surface area contributed by atoms with Gasteiger partial charge in [0.2, 0.25) is 0 Å². The van der Waals surface area contributed by atoms with Crippen LogP contribution in [0.15, 0.2) is 34.0 Å². The molecule has 1 aliphatic rings. The normalized spacial score (nSPS) is 17.6. The third-order valence-electron chi connectivity index (χ3n) is 3.44. The highest BCUT2D eigenvalue weighted by Gasteiger charge is 2.26. The van der Waals surface area contributed by atoms with E-state index in [2.05, 4.69) is 24.7 Å². The van der Waals surface area contributed by atoms with Gasteiger partial charge in [-0.05, 0) is 12.1 Å².